The molecule has 0 saturated heterocycles. The van der Waals surface area contributed by atoms with Crippen LogP contribution < -0.4 is 0 Å². The van der Waals surface area contributed by atoms with Crippen LogP contribution in [0, 0.1) is 11.8 Å². The van der Waals surface area contributed by atoms with Crippen LogP contribution >= 0.6 is 0 Å². The van der Waals surface area contributed by atoms with Gasteiger partial charge in [0.15, 0.2) is 0 Å². The third-order valence-corrected chi connectivity index (χ3v) is 5.99. The summed E-state index contributed by atoms with van der Waals surface area (Å²) in [7, 11) is 0. The van der Waals surface area contributed by atoms with E-state index in [1.807, 2.05) is 0 Å². The Hall–Kier alpha value is -0.780. The van der Waals surface area contributed by atoms with Crippen LogP contribution in [0.3, 0.4) is 0 Å². The maximum atomic E-state index is 2.44. The zero-order valence-electron chi connectivity index (χ0n) is 13.8. The smallest absolute Gasteiger partial charge is 0.0162 e. The molecular formula is C21H32. The third-order valence-electron chi connectivity index (χ3n) is 5.99. The van der Waals surface area contributed by atoms with E-state index in [0.29, 0.717) is 0 Å². The summed E-state index contributed by atoms with van der Waals surface area (Å²) in [6, 6.07) is 9.72. The van der Waals surface area contributed by atoms with E-state index >= 15 is 0 Å². The quantitative estimate of drug-likeness (QED) is 0.579. The van der Waals surface area contributed by atoms with E-state index in [4.69, 9.17) is 0 Å². The predicted octanol–water partition coefficient (Wildman–Crippen LogP) is 6.49. The highest BCUT2D eigenvalue weighted by molar-refractivity contribution is 5.26. The van der Waals surface area contributed by atoms with Crippen LogP contribution in [0.2, 0.25) is 0 Å². The van der Waals surface area contributed by atoms with Gasteiger partial charge in [0, 0.05) is 0 Å². The van der Waals surface area contributed by atoms with Crippen molar-refractivity contribution in [3.05, 3.63) is 35.4 Å². The van der Waals surface area contributed by atoms with Crippen molar-refractivity contribution in [3.63, 3.8) is 0 Å². The van der Waals surface area contributed by atoms with Gasteiger partial charge < -0.3 is 0 Å². The van der Waals surface area contributed by atoms with Crippen LogP contribution in [0.25, 0.3) is 0 Å². The molecule has 0 radical (unpaired) electrons. The monoisotopic (exact) mass is 284 g/mol. The molecule has 0 nitrogen and oxygen atoms in total. The van der Waals surface area contributed by atoms with Crippen molar-refractivity contribution in [2.24, 2.45) is 11.8 Å². The number of hydrogen-bond acceptors (Lipinski definition) is 0. The molecule has 0 bridgehead atoms. The minimum atomic E-state index is 0.846. The molecule has 116 valence electrons. The molecule has 0 spiro atoms. The van der Waals surface area contributed by atoms with Gasteiger partial charge in [0.05, 0.1) is 0 Å². The average Bonchev–Trinajstić information content (AvgIpc) is 3.02. The van der Waals surface area contributed by atoms with Crippen molar-refractivity contribution in [1.29, 1.82) is 0 Å². The lowest BCUT2D eigenvalue weighted by molar-refractivity contribution is 0.308. The predicted molar refractivity (Wildman–Crippen MR) is 91.7 cm³/mol. The first kappa shape index (κ1) is 15.1. The van der Waals surface area contributed by atoms with Crippen molar-refractivity contribution in [2.75, 3.05) is 0 Å². The zero-order chi connectivity index (χ0) is 14.5. The summed E-state index contributed by atoms with van der Waals surface area (Å²) in [6.45, 7) is 2.33. The van der Waals surface area contributed by atoms with Gasteiger partial charge in [0.25, 0.3) is 0 Å². The van der Waals surface area contributed by atoms with E-state index in [-0.39, 0.29) is 0 Å². The molecule has 1 aromatic rings. The molecule has 2 aliphatic carbocycles. The molecule has 0 aliphatic heterocycles. The Morgan fingerprint density at radius 2 is 1.48 bits per heavy atom. The van der Waals surface area contributed by atoms with Gasteiger partial charge in [-0.05, 0) is 61.0 Å². The molecule has 2 aliphatic rings. The minimum Gasteiger partial charge on any atom is -0.0654 e. The number of benzene rings is 1. The maximum absolute atomic E-state index is 2.44. The lowest BCUT2D eigenvalue weighted by Crippen LogP contribution is -2.13. The van der Waals surface area contributed by atoms with Gasteiger partial charge in [-0.15, -0.1) is 0 Å². The molecule has 0 N–H and O–H groups in total. The van der Waals surface area contributed by atoms with Crippen LogP contribution in [0.1, 0.15) is 88.2 Å². The third kappa shape index (κ3) is 4.11. The fourth-order valence-corrected chi connectivity index (χ4v) is 4.67. The summed E-state index contributed by atoms with van der Waals surface area (Å²) in [5, 5.41) is 0. The van der Waals surface area contributed by atoms with Crippen LogP contribution in [0.4, 0.5) is 0 Å². The first-order chi connectivity index (χ1) is 10.3. The Labute approximate surface area is 131 Å². The Bertz CT molecular complexity index is 402. The van der Waals surface area contributed by atoms with E-state index in [1.54, 1.807) is 11.1 Å². The van der Waals surface area contributed by atoms with Crippen molar-refractivity contribution in [3.8, 4) is 0 Å². The van der Waals surface area contributed by atoms with E-state index in [9.17, 15) is 0 Å². The Morgan fingerprint density at radius 3 is 2.10 bits per heavy atom. The molecule has 1 aromatic carbocycles. The molecule has 2 fully saturated rings. The standard InChI is InChI=1S/C21H32/c1-2-5-17-8-12-20(13-9-17)21-14-10-19(11-15-21)16-18-6-3-4-7-18/h10-11,14-15,17-18,20H,2-9,12-13,16H2,1H3. The summed E-state index contributed by atoms with van der Waals surface area (Å²) in [6.07, 6.45) is 15.8. The molecule has 0 aromatic heterocycles. The fourth-order valence-electron chi connectivity index (χ4n) is 4.67. The zero-order valence-corrected chi connectivity index (χ0v) is 13.8. The summed E-state index contributed by atoms with van der Waals surface area (Å²) >= 11 is 0. The van der Waals surface area contributed by atoms with Crippen molar-refractivity contribution in [2.45, 2.75) is 83.5 Å². The highest BCUT2D eigenvalue weighted by Gasteiger charge is 2.22. The second kappa shape index (κ2) is 7.47. The van der Waals surface area contributed by atoms with Gasteiger partial charge in [-0.2, -0.15) is 0 Å². The normalized spacial score (nSPS) is 27.1. The van der Waals surface area contributed by atoms with Crippen LogP contribution in [0.5, 0.6) is 0 Å². The summed E-state index contributed by atoms with van der Waals surface area (Å²) in [5.41, 5.74) is 3.19. The lowest BCUT2D eigenvalue weighted by atomic mass is 9.77. The van der Waals surface area contributed by atoms with E-state index in [1.165, 1.54) is 70.6 Å². The van der Waals surface area contributed by atoms with Crippen LogP contribution in [0.15, 0.2) is 24.3 Å². The van der Waals surface area contributed by atoms with E-state index in [0.717, 1.165) is 17.8 Å². The van der Waals surface area contributed by atoms with Gasteiger partial charge in [-0.25, -0.2) is 0 Å². The van der Waals surface area contributed by atoms with E-state index < -0.39 is 0 Å². The van der Waals surface area contributed by atoms with Gasteiger partial charge in [-0.1, -0.05) is 69.7 Å². The first-order valence-electron chi connectivity index (χ1n) is 9.44. The van der Waals surface area contributed by atoms with Crippen molar-refractivity contribution in [1.82, 2.24) is 0 Å². The molecule has 0 amide bonds. The molecule has 0 atom stereocenters. The van der Waals surface area contributed by atoms with Crippen molar-refractivity contribution >= 4 is 0 Å². The van der Waals surface area contributed by atoms with Crippen LogP contribution in [-0.4, -0.2) is 0 Å². The summed E-state index contributed by atoms with van der Waals surface area (Å²) in [5.74, 6) is 2.84. The molecule has 0 unspecified atom stereocenters. The van der Waals surface area contributed by atoms with Gasteiger partial charge in [0.1, 0.15) is 0 Å². The van der Waals surface area contributed by atoms with Gasteiger partial charge in [-0.3, -0.25) is 0 Å². The largest absolute Gasteiger partial charge is 0.0654 e. The summed E-state index contributed by atoms with van der Waals surface area (Å²) < 4.78 is 0. The Morgan fingerprint density at radius 1 is 0.810 bits per heavy atom. The molecule has 2 saturated carbocycles. The van der Waals surface area contributed by atoms with Crippen LogP contribution in [-0.2, 0) is 6.42 Å². The maximum Gasteiger partial charge on any atom is -0.0162 e. The number of rotatable bonds is 5. The van der Waals surface area contributed by atoms with Gasteiger partial charge in [0.2, 0.25) is 0 Å². The highest BCUT2D eigenvalue weighted by Crippen LogP contribution is 2.37. The molecular weight excluding hydrogens is 252 g/mol. The Kier molecular flexibility index (Phi) is 5.38. The second-order valence-corrected chi connectivity index (χ2v) is 7.60. The second-order valence-electron chi connectivity index (χ2n) is 7.60. The first-order valence-corrected chi connectivity index (χ1v) is 9.44. The molecule has 21 heavy (non-hydrogen) atoms. The molecule has 3 rings (SSSR count). The van der Waals surface area contributed by atoms with Gasteiger partial charge >= 0.3 is 0 Å². The minimum absolute atomic E-state index is 0.846. The Balaban J connectivity index is 1.52. The SMILES string of the molecule is CCCC1CCC(c2ccc(CC3CCCC3)cc2)CC1. The van der Waals surface area contributed by atoms with E-state index in [2.05, 4.69) is 31.2 Å². The fraction of sp³-hybridized carbons (Fsp3) is 0.714. The number of hydrogen-bond donors (Lipinski definition) is 0. The summed E-state index contributed by atoms with van der Waals surface area (Å²) in [4.78, 5) is 0. The molecule has 0 heterocycles. The topological polar surface area (TPSA) is 0 Å². The van der Waals surface area contributed by atoms with Crippen molar-refractivity contribution < 1.29 is 0 Å². The highest BCUT2D eigenvalue weighted by atomic mass is 14.3. The average molecular weight is 284 g/mol. The lowest BCUT2D eigenvalue weighted by Gasteiger charge is -2.28. The molecule has 0 heteroatoms.